The third kappa shape index (κ3) is 3.48. The molecule has 2 heterocycles. The van der Waals surface area contributed by atoms with Gasteiger partial charge in [0.05, 0.1) is 13.0 Å². The summed E-state index contributed by atoms with van der Waals surface area (Å²) in [7, 11) is 2.76. The van der Waals surface area contributed by atoms with Crippen molar-refractivity contribution in [3.8, 4) is 11.5 Å². The number of amides is 4. The first kappa shape index (κ1) is 18.4. The van der Waals surface area contributed by atoms with Crippen LogP contribution in [0.2, 0.25) is 0 Å². The van der Waals surface area contributed by atoms with Crippen LogP contribution in [0.25, 0.3) is 11.5 Å². The van der Waals surface area contributed by atoms with Gasteiger partial charge in [0.15, 0.2) is 5.82 Å². The van der Waals surface area contributed by atoms with Crippen LogP contribution in [0, 0.1) is 11.6 Å². The number of carbonyl (C=O) groups is 3. The van der Waals surface area contributed by atoms with E-state index in [1.165, 1.54) is 25.1 Å². The van der Waals surface area contributed by atoms with Gasteiger partial charge in [-0.2, -0.15) is 4.98 Å². The maximum Gasteiger partial charge on any atom is 0.326 e. The van der Waals surface area contributed by atoms with Gasteiger partial charge in [0.2, 0.25) is 5.91 Å². The fraction of sp³-hybridized carbons (Fsp3) is 0.312. The van der Waals surface area contributed by atoms with E-state index in [9.17, 15) is 23.2 Å². The summed E-state index contributed by atoms with van der Waals surface area (Å²) >= 11 is 0. The van der Waals surface area contributed by atoms with Crippen molar-refractivity contribution in [1.82, 2.24) is 25.3 Å². The molecule has 1 saturated heterocycles. The highest BCUT2D eigenvalue weighted by Gasteiger charge is 2.41. The molecule has 0 radical (unpaired) electrons. The quantitative estimate of drug-likeness (QED) is 0.774. The Balaban J connectivity index is 1.61. The van der Waals surface area contributed by atoms with E-state index >= 15 is 0 Å². The molecule has 1 unspecified atom stereocenters. The van der Waals surface area contributed by atoms with Crippen LogP contribution in [0.15, 0.2) is 22.7 Å². The molecule has 1 aromatic carbocycles. The zero-order chi connectivity index (χ0) is 19.7. The van der Waals surface area contributed by atoms with E-state index in [0.29, 0.717) is 0 Å². The van der Waals surface area contributed by atoms with Crippen molar-refractivity contribution < 1.29 is 27.7 Å². The van der Waals surface area contributed by atoms with Crippen LogP contribution >= 0.6 is 0 Å². The molecule has 4 amide bonds. The van der Waals surface area contributed by atoms with Gasteiger partial charge in [0.25, 0.3) is 11.8 Å². The predicted octanol–water partition coefficient (Wildman–Crippen LogP) is 0.913. The first-order valence-electron chi connectivity index (χ1n) is 7.87. The van der Waals surface area contributed by atoms with Crippen LogP contribution in [0.5, 0.6) is 0 Å². The fourth-order valence-corrected chi connectivity index (χ4v) is 2.63. The number of carbonyl (C=O) groups excluding carboxylic acids is 3. The molecular weight excluding hydrogens is 364 g/mol. The van der Waals surface area contributed by atoms with Gasteiger partial charge in [-0.05, 0) is 12.1 Å². The Hall–Kier alpha value is -3.37. The normalized spacial score (nSPS) is 17.0. The fourth-order valence-electron chi connectivity index (χ4n) is 2.63. The van der Waals surface area contributed by atoms with Gasteiger partial charge in [-0.25, -0.2) is 13.6 Å². The van der Waals surface area contributed by atoms with Crippen LogP contribution in [0.4, 0.5) is 13.6 Å². The van der Waals surface area contributed by atoms with Crippen molar-refractivity contribution in [2.24, 2.45) is 0 Å². The highest BCUT2D eigenvalue weighted by atomic mass is 19.1. The van der Waals surface area contributed by atoms with Crippen LogP contribution < -0.4 is 5.32 Å². The van der Waals surface area contributed by atoms with E-state index in [0.717, 1.165) is 17.0 Å². The minimum absolute atomic E-state index is 0.000278. The van der Waals surface area contributed by atoms with E-state index in [-0.39, 0.29) is 24.7 Å². The first-order chi connectivity index (χ1) is 12.8. The number of hydrogen-bond acceptors (Lipinski definition) is 6. The Morgan fingerprint density at radius 3 is 2.52 bits per heavy atom. The molecular formula is C16H15F2N5O4. The lowest BCUT2D eigenvalue weighted by Gasteiger charge is -2.15. The van der Waals surface area contributed by atoms with Gasteiger partial charge in [-0.1, -0.05) is 11.2 Å². The SMILES string of the molecule is CN1C(=O)C(CC(=O)NCc2noc(-c3c(F)cccc3F)n2)N(C)C1=O. The third-order valence-electron chi connectivity index (χ3n) is 4.14. The number of aromatic nitrogens is 2. The van der Waals surface area contributed by atoms with E-state index in [4.69, 9.17) is 4.52 Å². The van der Waals surface area contributed by atoms with Gasteiger partial charge >= 0.3 is 6.03 Å². The summed E-state index contributed by atoms with van der Waals surface area (Å²) in [6.45, 7) is -0.174. The molecule has 0 aliphatic carbocycles. The van der Waals surface area contributed by atoms with Crippen LogP contribution in [0.1, 0.15) is 12.2 Å². The monoisotopic (exact) mass is 379 g/mol. The standard InChI is InChI=1S/C16H15F2N5O4/c1-22-10(15(25)23(2)16(22)26)6-12(24)19-7-11-20-14(27-21-11)13-8(17)4-3-5-9(13)18/h3-5,10H,6-7H2,1-2H3,(H,19,24). The lowest BCUT2D eigenvalue weighted by Crippen LogP contribution is -2.37. The number of imide groups is 1. The lowest BCUT2D eigenvalue weighted by molar-refractivity contribution is -0.131. The number of benzene rings is 1. The third-order valence-corrected chi connectivity index (χ3v) is 4.14. The van der Waals surface area contributed by atoms with Crippen molar-refractivity contribution >= 4 is 17.8 Å². The number of likely N-dealkylation sites (N-methyl/N-ethyl adjacent to an activating group) is 2. The summed E-state index contributed by atoms with van der Waals surface area (Å²) in [5.41, 5.74) is -0.456. The number of nitrogens with one attached hydrogen (secondary N) is 1. The Kier molecular flexibility index (Phi) is 4.84. The second-order valence-electron chi connectivity index (χ2n) is 5.90. The molecule has 142 valence electrons. The van der Waals surface area contributed by atoms with Gasteiger partial charge in [-0.3, -0.25) is 14.5 Å². The first-order valence-corrected chi connectivity index (χ1v) is 7.87. The van der Waals surface area contributed by atoms with Crippen molar-refractivity contribution in [3.05, 3.63) is 35.7 Å². The second kappa shape index (κ2) is 7.09. The van der Waals surface area contributed by atoms with E-state index in [2.05, 4.69) is 15.5 Å². The average molecular weight is 379 g/mol. The van der Waals surface area contributed by atoms with Gasteiger partial charge in [0, 0.05) is 14.1 Å². The molecule has 27 heavy (non-hydrogen) atoms. The Morgan fingerprint density at radius 1 is 1.26 bits per heavy atom. The molecule has 1 N–H and O–H groups in total. The molecule has 1 aliphatic rings. The predicted molar refractivity (Wildman–Crippen MR) is 85.8 cm³/mol. The maximum absolute atomic E-state index is 13.7. The summed E-state index contributed by atoms with van der Waals surface area (Å²) in [6.07, 6.45) is -0.238. The van der Waals surface area contributed by atoms with Crippen LogP contribution in [0.3, 0.4) is 0 Å². The minimum atomic E-state index is -0.893. The molecule has 1 atom stereocenters. The van der Waals surface area contributed by atoms with Crippen molar-refractivity contribution in [3.63, 3.8) is 0 Å². The summed E-state index contributed by atoms with van der Waals surface area (Å²) in [5, 5.41) is 6.03. The largest absolute Gasteiger partial charge is 0.349 e. The molecule has 0 bridgehead atoms. The highest BCUT2D eigenvalue weighted by molar-refractivity contribution is 6.05. The van der Waals surface area contributed by atoms with Crippen LogP contribution in [-0.4, -0.2) is 57.9 Å². The Bertz CT molecular complexity index is 896. The zero-order valence-corrected chi connectivity index (χ0v) is 14.4. The van der Waals surface area contributed by atoms with E-state index in [1.54, 1.807) is 0 Å². The van der Waals surface area contributed by atoms with E-state index in [1.807, 2.05) is 0 Å². The molecule has 0 spiro atoms. The van der Waals surface area contributed by atoms with Crippen LogP contribution in [-0.2, 0) is 16.1 Å². The minimum Gasteiger partial charge on any atom is -0.349 e. The van der Waals surface area contributed by atoms with Crippen molar-refractivity contribution in [2.45, 2.75) is 19.0 Å². The molecule has 3 rings (SSSR count). The van der Waals surface area contributed by atoms with Gasteiger partial charge < -0.3 is 14.7 Å². The number of nitrogens with zero attached hydrogens (tertiary/aromatic N) is 4. The molecule has 1 aromatic heterocycles. The summed E-state index contributed by atoms with van der Waals surface area (Å²) in [4.78, 5) is 41.6. The molecule has 1 aliphatic heterocycles. The molecule has 11 heteroatoms. The van der Waals surface area contributed by atoms with Gasteiger partial charge in [0.1, 0.15) is 23.2 Å². The Labute approximate surface area is 151 Å². The molecule has 1 fully saturated rings. The highest BCUT2D eigenvalue weighted by Crippen LogP contribution is 2.24. The van der Waals surface area contributed by atoms with Crippen molar-refractivity contribution in [1.29, 1.82) is 0 Å². The molecule has 2 aromatic rings. The number of halogens is 2. The number of rotatable bonds is 5. The molecule has 9 nitrogen and oxygen atoms in total. The summed E-state index contributed by atoms with van der Waals surface area (Å²) < 4.78 is 32.3. The Morgan fingerprint density at radius 2 is 1.93 bits per heavy atom. The maximum atomic E-state index is 13.7. The van der Waals surface area contributed by atoms with Crippen molar-refractivity contribution in [2.75, 3.05) is 14.1 Å². The zero-order valence-electron chi connectivity index (χ0n) is 14.4. The average Bonchev–Trinajstić information content (AvgIpc) is 3.16. The number of urea groups is 1. The summed E-state index contributed by atoms with van der Waals surface area (Å²) in [6, 6.07) is 1.92. The smallest absolute Gasteiger partial charge is 0.326 e. The lowest BCUT2D eigenvalue weighted by atomic mass is 10.2. The summed E-state index contributed by atoms with van der Waals surface area (Å²) in [5.74, 6) is -3.06. The van der Waals surface area contributed by atoms with E-state index < -0.39 is 41.1 Å². The topological polar surface area (TPSA) is 109 Å². The van der Waals surface area contributed by atoms with Gasteiger partial charge in [-0.15, -0.1) is 0 Å². The molecule has 0 saturated carbocycles. The number of hydrogen-bond donors (Lipinski definition) is 1. The second-order valence-corrected chi connectivity index (χ2v) is 5.90.